The summed E-state index contributed by atoms with van der Waals surface area (Å²) in [6.07, 6.45) is 0. The molecule has 0 radical (unpaired) electrons. The van der Waals surface area contributed by atoms with E-state index in [9.17, 15) is 9.18 Å². The number of nitrogens with one attached hydrogen (secondary N) is 2. The van der Waals surface area contributed by atoms with E-state index in [0.29, 0.717) is 17.2 Å². The summed E-state index contributed by atoms with van der Waals surface area (Å²) in [5, 5.41) is 13.7. The van der Waals surface area contributed by atoms with Crippen molar-refractivity contribution in [3.8, 4) is 5.75 Å². The van der Waals surface area contributed by atoms with Crippen LogP contribution >= 0.6 is 0 Å². The van der Waals surface area contributed by atoms with E-state index in [2.05, 4.69) is 20.8 Å². The van der Waals surface area contributed by atoms with E-state index in [0.717, 1.165) is 11.4 Å². The fraction of sp³-hybridized carbons (Fsp3) is 0.0556. The third kappa shape index (κ3) is 4.29. The molecule has 6 nitrogen and oxygen atoms in total. The van der Waals surface area contributed by atoms with Crippen LogP contribution in [0.3, 0.4) is 0 Å². The lowest BCUT2D eigenvalue weighted by atomic mass is 10.2. The van der Waals surface area contributed by atoms with Crippen LogP contribution in [0, 0.1) is 5.82 Å². The van der Waals surface area contributed by atoms with Crippen LogP contribution in [0.15, 0.2) is 60.7 Å². The van der Waals surface area contributed by atoms with Gasteiger partial charge in [0.1, 0.15) is 11.6 Å². The highest BCUT2D eigenvalue weighted by Crippen LogP contribution is 2.18. The molecule has 0 aliphatic carbocycles. The maximum Gasteiger partial charge on any atom is 0.256 e. The molecule has 0 bridgehead atoms. The number of aromatic nitrogens is 2. The number of anilines is 3. The van der Waals surface area contributed by atoms with Crippen LogP contribution in [0.1, 0.15) is 10.4 Å². The van der Waals surface area contributed by atoms with Crippen molar-refractivity contribution < 1.29 is 13.9 Å². The molecule has 0 atom stereocenters. The number of ether oxygens (including phenoxy) is 1. The predicted octanol–water partition coefficient (Wildman–Crippen LogP) is 3.62. The van der Waals surface area contributed by atoms with Gasteiger partial charge in [-0.3, -0.25) is 4.79 Å². The molecule has 7 heteroatoms. The summed E-state index contributed by atoms with van der Waals surface area (Å²) in [5.41, 5.74) is 1.17. The summed E-state index contributed by atoms with van der Waals surface area (Å²) in [6, 6.07) is 15.9. The summed E-state index contributed by atoms with van der Waals surface area (Å²) in [5.74, 6) is 0.811. The SMILES string of the molecule is COc1ccc(Nc2ccc(NC(=O)c3ccc(F)cc3)nn2)cc1. The van der Waals surface area contributed by atoms with Gasteiger partial charge in [-0.25, -0.2) is 4.39 Å². The van der Waals surface area contributed by atoms with Gasteiger partial charge in [0.15, 0.2) is 11.6 Å². The van der Waals surface area contributed by atoms with E-state index in [-0.39, 0.29) is 5.91 Å². The van der Waals surface area contributed by atoms with Crippen molar-refractivity contribution in [2.75, 3.05) is 17.7 Å². The number of methoxy groups -OCH3 is 1. The van der Waals surface area contributed by atoms with Gasteiger partial charge >= 0.3 is 0 Å². The second-order valence-electron chi connectivity index (χ2n) is 5.12. The number of benzene rings is 2. The molecule has 1 amide bonds. The Bertz CT molecular complexity index is 850. The maximum atomic E-state index is 12.9. The van der Waals surface area contributed by atoms with Crippen LogP contribution < -0.4 is 15.4 Å². The Balaban J connectivity index is 1.63. The molecule has 0 saturated heterocycles. The smallest absolute Gasteiger partial charge is 0.256 e. The highest BCUT2D eigenvalue weighted by molar-refractivity contribution is 6.03. The van der Waals surface area contributed by atoms with E-state index in [1.807, 2.05) is 24.3 Å². The van der Waals surface area contributed by atoms with Crippen LogP contribution in [0.5, 0.6) is 5.75 Å². The number of carbonyl (C=O) groups is 1. The van der Waals surface area contributed by atoms with Crippen molar-refractivity contribution in [2.45, 2.75) is 0 Å². The zero-order chi connectivity index (χ0) is 17.6. The highest BCUT2D eigenvalue weighted by Gasteiger charge is 2.07. The fourth-order valence-electron chi connectivity index (χ4n) is 2.08. The Morgan fingerprint density at radius 2 is 1.56 bits per heavy atom. The number of halogens is 1. The number of hydrogen-bond donors (Lipinski definition) is 2. The zero-order valence-electron chi connectivity index (χ0n) is 13.4. The van der Waals surface area contributed by atoms with Gasteiger partial charge in [-0.15, -0.1) is 10.2 Å². The summed E-state index contributed by atoms with van der Waals surface area (Å²) < 4.78 is 18.0. The molecule has 25 heavy (non-hydrogen) atoms. The monoisotopic (exact) mass is 338 g/mol. The lowest BCUT2D eigenvalue weighted by Gasteiger charge is -2.07. The second-order valence-corrected chi connectivity index (χ2v) is 5.12. The second kappa shape index (κ2) is 7.39. The summed E-state index contributed by atoms with van der Waals surface area (Å²) in [4.78, 5) is 12.0. The summed E-state index contributed by atoms with van der Waals surface area (Å²) >= 11 is 0. The van der Waals surface area contributed by atoms with E-state index >= 15 is 0 Å². The van der Waals surface area contributed by atoms with Crippen LogP contribution in [0.25, 0.3) is 0 Å². The van der Waals surface area contributed by atoms with Gasteiger partial charge in [0.25, 0.3) is 5.91 Å². The molecule has 1 heterocycles. The molecule has 2 N–H and O–H groups in total. The minimum Gasteiger partial charge on any atom is -0.497 e. The molecule has 1 aromatic heterocycles. The standard InChI is InChI=1S/C18H15FN4O2/c1-25-15-8-6-14(7-9-15)20-16-10-11-17(23-22-16)21-18(24)12-2-4-13(19)5-3-12/h2-11H,1H3,(H,20,22)(H,21,23,24). The Labute approximate surface area is 143 Å². The molecule has 0 aliphatic heterocycles. The number of rotatable bonds is 5. The Morgan fingerprint density at radius 3 is 2.16 bits per heavy atom. The van der Waals surface area contributed by atoms with Crippen molar-refractivity contribution in [3.05, 3.63) is 72.0 Å². The molecular weight excluding hydrogens is 323 g/mol. The zero-order valence-corrected chi connectivity index (χ0v) is 13.4. The van der Waals surface area contributed by atoms with Gasteiger partial charge < -0.3 is 15.4 Å². The third-order valence-electron chi connectivity index (χ3n) is 3.37. The lowest BCUT2D eigenvalue weighted by Crippen LogP contribution is -2.13. The molecule has 2 aromatic carbocycles. The minimum absolute atomic E-state index is 0.301. The normalized spacial score (nSPS) is 10.2. The minimum atomic E-state index is -0.398. The molecule has 0 unspecified atom stereocenters. The van der Waals surface area contributed by atoms with Crippen molar-refractivity contribution >= 4 is 23.2 Å². The van der Waals surface area contributed by atoms with E-state index in [1.54, 1.807) is 19.2 Å². The maximum absolute atomic E-state index is 12.9. The largest absolute Gasteiger partial charge is 0.497 e. The topological polar surface area (TPSA) is 76.1 Å². The summed E-state index contributed by atoms with van der Waals surface area (Å²) in [6.45, 7) is 0. The molecular formula is C18H15FN4O2. The van der Waals surface area contributed by atoms with Gasteiger partial charge in [-0.1, -0.05) is 0 Å². The first-order valence-electron chi connectivity index (χ1n) is 7.46. The average molecular weight is 338 g/mol. The van der Waals surface area contributed by atoms with Gasteiger partial charge in [0.2, 0.25) is 0 Å². The quantitative estimate of drug-likeness (QED) is 0.743. The first-order chi connectivity index (χ1) is 12.1. The lowest BCUT2D eigenvalue weighted by molar-refractivity contribution is 0.102. The van der Waals surface area contributed by atoms with Crippen LogP contribution in [0.4, 0.5) is 21.7 Å². The Hall–Kier alpha value is -3.48. The first kappa shape index (κ1) is 16.4. The first-order valence-corrected chi connectivity index (χ1v) is 7.46. The predicted molar refractivity (Wildman–Crippen MR) is 92.7 cm³/mol. The molecule has 0 fully saturated rings. The number of hydrogen-bond acceptors (Lipinski definition) is 5. The Morgan fingerprint density at radius 1 is 0.920 bits per heavy atom. The number of nitrogens with zero attached hydrogens (tertiary/aromatic N) is 2. The van der Waals surface area contributed by atoms with E-state index in [4.69, 9.17) is 4.74 Å². The fourth-order valence-corrected chi connectivity index (χ4v) is 2.08. The van der Waals surface area contributed by atoms with Crippen LogP contribution in [0.2, 0.25) is 0 Å². The molecule has 3 aromatic rings. The van der Waals surface area contributed by atoms with E-state index < -0.39 is 5.82 Å². The molecule has 0 aliphatic rings. The molecule has 3 rings (SSSR count). The number of carbonyl (C=O) groups excluding carboxylic acids is 1. The van der Waals surface area contributed by atoms with Gasteiger partial charge in [-0.05, 0) is 60.7 Å². The van der Waals surface area contributed by atoms with E-state index in [1.165, 1.54) is 24.3 Å². The van der Waals surface area contributed by atoms with Crippen LogP contribution in [-0.4, -0.2) is 23.2 Å². The highest BCUT2D eigenvalue weighted by atomic mass is 19.1. The van der Waals surface area contributed by atoms with Crippen molar-refractivity contribution in [1.29, 1.82) is 0 Å². The van der Waals surface area contributed by atoms with Crippen molar-refractivity contribution in [3.63, 3.8) is 0 Å². The summed E-state index contributed by atoms with van der Waals surface area (Å²) in [7, 11) is 1.60. The number of amides is 1. The molecule has 126 valence electrons. The third-order valence-corrected chi connectivity index (χ3v) is 3.37. The van der Waals surface area contributed by atoms with Crippen molar-refractivity contribution in [2.24, 2.45) is 0 Å². The average Bonchev–Trinajstić information content (AvgIpc) is 2.64. The Kier molecular flexibility index (Phi) is 4.84. The van der Waals surface area contributed by atoms with Gasteiger partial charge in [0, 0.05) is 11.3 Å². The van der Waals surface area contributed by atoms with Gasteiger partial charge in [0.05, 0.1) is 7.11 Å². The van der Waals surface area contributed by atoms with Gasteiger partial charge in [-0.2, -0.15) is 0 Å². The van der Waals surface area contributed by atoms with Crippen LogP contribution in [-0.2, 0) is 0 Å². The van der Waals surface area contributed by atoms with Crippen molar-refractivity contribution in [1.82, 2.24) is 10.2 Å². The molecule has 0 saturated carbocycles. The molecule has 0 spiro atoms.